The summed E-state index contributed by atoms with van der Waals surface area (Å²) in [5.74, 6) is 0.734. The summed E-state index contributed by atoms with van der Waals surface area (Å²) in [6, 6.07) is 8.15. The predicted octanol–water partition coefficient (Wildman–Crippen LogP) is 4.09. The summed E-state index contributed by atoms with van der Waals surface area (Å²) in [6.07, 6.45) is 9.83. The van der Waals surface area contributed by atoms with Crippen LogP contribution in [-0.2, 0) is 4.79 Å². The number of aromatic nitrogens is 2. The van der Waals surface area contributed by atoms with E-state index in [0.717, 1.165) is 25.7 Å². The van der Waals surface area contributed by atoms with E-state index in [1.807, 2.05) is 32.6 Å². The van der Waals surface area contributed by atoms with Gasteiger partial charge in [0.2, 0.25) is 0 Å². The van der Waals surface area contributed by atoms with Crippen molar-refractivity contribution in [1.82, 2.24) is 14.5 Å². The molecule has 4 rings (SSSR count). The molecular weight excluding hydrogens is 350 g/mol. The van der Waals surface area contributed by atoms with Gasteiger partial charge >= 0.3 is 0 Å². The van der Waals surface area contributed by atoms with Crippen molar-refractivity contribution in [3.05, 3.63) is 48.0 Å². The van der Waals surface area contributed by atoms with E-state index in [2.05, 4.69) is 14.5 Å². The number of carbonyl (C=O) groups excluding carboxylic acids is 1. The smallest absolute Gasteiger partial charge is 0.266 e. The van der Waals surface area contributed by atoms with Crippen molar-refractivity contribution < 1.29 is 9.53 Å². The van der Waals surface area contributed by atoms with Crippen molar-refractivity contribution in [2.45, 2.75) is 63.3 Å². The van der Waals surface area contributed by atoms with Crippen LogP contribution in [0.2, 0.25) is 5.02 Å². The van der Waals surface area contributed by atoms with Crippen molar-refractivity contribution in [1.29, 1.82) is 0 Å². The summed E-state index contributed by atoms with van der Waals surface area (Å²) >= 11 is 5.93. The number of benzene rings is 1. The maximum Gasteiger partial charge on any atom is 0.266 e. The van der Waals surface area contributed by atoms with Crippen molar-refractivity contribution in [2.75, 3.05) is 0 Å². The second-order valence-corrected chi connectivity index (χ2v) is 8.24. The monoisotopic (exact) mass is 373 g/mol. The van der Waals surface area contributed by atoms with Crippen LogP contribution in [0.3, 0.4) is 0 Å². The van der Waals surface area contributed by atoms with E-state index in [1.54, 1.807) is 24.3 Å². The fourth-order valence-corrected chi connectivity index (χ4v) is 4.49. The first kappa shape index (κ1) is 17.4. The van der Waals surface area contributed by atoms with Gasteiger partial charge in [0.25, 0.3) is 5.91 Å². The van der Waals surface area contributed by atoms with Crippen LogP contribution in [0.4, 0.5) is 0 Å². The third-order valence-corrected chi connectivity index (χ3v) is 5.84. The SMILES string of the molecule is CC(C)(Oc1ccc(Cl)cc1)C(=O)N1C2CCC1CC(n1ccnc1)C2. The molecular formula is C20H24ClN3O2. The van der Waals surface area contributed by atoms with Crippen LogP contribution >= 0.6 is 11.6 Å². The number of piperidine rings is 1. The van der Waals surface area contributed by atoms with Crippen LogP contribution in [0.5, 0.6) is 5.75 Å². The lowest BCUT2D eigenvalue weighted by molar-refractivity contribution is -0.150. The van der Waals surface area contributed by atoms with Gasteiger partial charge in [-0.3, -0.25) is 4.79 Å². The minimum atomic E-state index is -0.906. The van der Waals surface area contributed by atoms with E-state index in [4.69, 9.17) is 16.3 Å². The lowest BCUT2D eigenvalue weighted by Crippen LogP contribution is -2.55. The van der Waals surface area contributed by atoms with Gasteiger partial charge in [-0.25, -0.2) is 4.98 Å². The Morgan fingerprint density at radius 2 is 1.81 bits per heavy atom. The Balaban J connectivity index is 1.48. The van der Waals surface area contributed by atoms with Gasteiger partial charge in [-0.1, -0.05) is 11.6 Å². The molecule has 1 amide bonds. The number of carbonyl (C=O) groups is 1. The van der Waals surface area contributed by atoms with Crippen LogP contribution in [0.1, 0.15) is 45.6 Å². The molecule has 2 aromatic rings. The number of fused-ring (bicyclic) bond motifs is 2. The van der Waals surface area contributed by atoms with Crippen LogP contribution in [-0.4, -0.2) is 38.0 Å². The Bertz CT molecular complexity index is 759. The highest BCUT2D eigenvalue weighted by atomic mass is 35.5. The average Bonchev–Trinajstić information content (AvgIpc) is 3.23. The van der Waals surface area contributed by atoms with E-state index in [-0.39, 0.29) is 18.0 Å². The van der Waals surface area contributed by atoms with E-state index in [0.29, 0.717) is 16.8 Å². The minimum Gasteiger partial charge on any atom is -0.478 e. The zero-order valence-electron chi connectivity index (χ0n) is 15.1. The summed E-state index contributed by atoms with van der Waals surface area (Å²) in [7, 11) is 0. The molecule has 2 saturated heterocycles. The molecule has 2 aliphatic rings. The molecule has 138 valence electrons. The largest absolute Gasteiger partial charge is 0.478 e. The van der Waals surface area contributed by atoms with Crippen LogP contribution in [0.25, 0.3) is 0 Å². The predicted molar refractivity (Wildman–Crippen MR) is 100 cm³/mol. The first-order chi connectivity index (χ1) is 12.4. The zero-order valence-corrected chi connectivity index (χ0v) is 15.9. The molecule has 3 heterocycles. The summed E-state index contributed by atoms with van der Waals surface area (Å²) in [4.78, 5) is 19.6. The number of hydrogen-bond donors (Lipinski definition) is 0. The Labute approximate surface area is 158 Å². The molecule has 2 atom stereocenters. The first-order valence-corrected chi connectivity index (χ1v) is 9.56. The molecule has 5 nitrogen and oxygen atoms in total. The number of ether oxygens (including phenoxy) is 1. The Kier molecular flexibility index (Phi) is 4.43. The number of hydrogen-bond acceptors (Lipinski definition) is 3. The minimum absolute atomic E-state index is 0.0732. The van der Waals surface area contributed by atoms with Crippen molar-refractivity contribution in [3.63, 3.8) is 0 Å². The molecule has 0 spiro atoms. The number of amides is 1. The Morgan fingerprint density at radius 1 is 1.15 bits per heavy atom. The standard InChI is InChI=1S/C20H24ClN3O2/c1-20(2,26-18-7-3-14(21)4-8-18)19(25)24-15-5-6-16(24)12-17(11-15)23-10-9-22-13-23/h3-4,7-10,13,15-17H,5-6,11-12H2,1-2H3. The molecule has 0 aliphatic carbocycles. The fraction of sp³-hybridized carbons (Fsp3) is 0.500. The third kappa shape index (κ3) is 3.20. The molecule has 2 fully saturated rings. The molecule has 1 aromatic heterocycles. The van der Waals surface area contributed by atoms with Crippen molar-refractivity contribution in [2.24, 2.45) is 0 Å². The number of nitrogens with zero attached hydrogens (tertiary/aromatic N) is 3. The van der Waals surface area contributed by atoms with E-state index < -0.39 is 5.60 Å². The van der Waals surface area contributed by atoms with E-state index >= 15 is 0 Å². The lowest BCUT2D eigenvalue weighted by atomic mass is 9.94. The second-order valence-electron chi connectivity index (χ2n) is 7.80. The molecule has 2 bridgehead atoms. The zero-order chi connectivity index (χ0) is 18.3. The topological polar surface area (TPSA) is 47.4 Å². The van der Waals surface area contributed by atoms with Gasteiger partial charge in [-0.2, -0.15) is 0 Å². The highest BCUT2D eigenvalue weighted by molar-refractivity contribution is 6.30. The molecule has 2 unspecified atom stereocenters. The summed E-state index contributed by atoms with van der Waals surface area (Å²) in [5.41, 5.74) is -0.906. The second kappa shape index (κ2) is 6.62. The van der Waals surface area contributed by atoms with Crippen LogP contribution < -0.4 is 4.74 Å². The van der Waals surface area contributed by atoms with Gasteiger partial charge in [0.1, 0.15) is 5.75 Å². The van der Waals surface area contributed by atoms with Gasteiger partial charge in [-0.15, -0.1) is 0 Å². The third-order valence-electron chi connectivity index (χ3n) is 5.59. The highest BCUT2D eigenvalue weighted by Gasteiger charge is 2.48. The van der Waals surface area contributed by atoms with Crippen molar-refractivity contribution >= 4 is 17.5 Å². The van der Waals surface area contributed by atoms with Gasteiger partial charge in [-0.05, 0) is 63.8 Å². The van der Waals surface area contributed by atoms with E-state index in [9.17, 15) is 4.79 Å². The summed E-state index contributed by atoms with van der Waals surface area (Å²) in [5, 5.41) is 0.654. The summed E-state index contributed by atoms with van der Waals surface area (Å²) in [6.45, 7) is 3.71. The van der Waals surface area contributed by atoms with E-state index in [1.165, 1.54) is 0 Å². The Morgan fingerprint density at radius 3 is 2.38 bits per heavy atom. The summed E-state index contributed by atoms with van der Waals surface area (Å²) < 4.78 is 8.21. The maximum atomic E-state index is 13.3. The van der Waals surface area contributed by atoms with Gasteiger partial charge in [0.15, 0.2) is 5.60 Å². The lowest BCUT2D eigenvalue weighted by Gasteiger charge is -2.42. The number of rotatable bonds is 4. The van der Waals surface area contributed by atoms with Gasteiger partial charge in [0, 0.05) is 35.5 Å². The number of halogens is 1. The maximum absolute atomic E-state index is 13.3. The molecule has 0 radical (unpaired) electrons. The molecule has 1 aromatic carbocycles. The van der Waals surface area contributed by atoms with Gasteiger partial charge < -0.3 is 14.2 Å². The number of imidazole rings is 1. The van der Waals surface area contributed by atoms with Crippen LogP contribution in [0, 0.1) is 0 Å². The fourth-order valence-electron chi connectivity index (χ4n) is 4.36. The molecule has 26 heavy (non-hydrogen) atoms. The first-order valence-electron chi connectivity index (χ1n) is 9.19. The molecule has 0 N–H and O–H groups in total. The molecule has 2 aliphatic heterocycles. The normalized spacial score (nSPS) is 25.3. The molecule has 6 heteroatoms. The molecule has 0 saturated carbocycles. The van der Waals surface area contributed by atoms with Crippen LogP contribution in [0.15, 0.2) is 43.0 Å². The van der Waals surface area contributed by atoms with Crippen molar-refractivity contribution in [3.8, 4) is 5.75 Å². The highest BCUT2D eigenvalue weighted by Crippen LogP contribution is 2.42. The Hall–Kier alpha value is -2.01. The van der Waals surface area contributed by atoms with Gasteiger partial charge in [0.05, 0.1) is 6.33 Å². The quantitative estimate of drug-likeness (QED) is 0.811. The average molecular weight is 374 g/mol.